The lowest BCUT2D eigenvalue weighted by Crippen LogP contribution is -1.90. The minimum Gasteiger partial charge on any atom is -0.388 e. The van der Waals surface area contributed by atoms with E-state index < -0.39 is 0 Å². The fourth-order valence-corrected chi connectivity index (χ4v) is 0.671. The van der Waals surface area contributed by atoms with Crippen LogP contribution in [0.4, 0.5) is 5.69 Å². The first-order chi connectivity index (χ1) is 4.34. The fourth-order valence-electron chi connectivity index (χ4n) is 0.671. The number of nitrogens with zero attached hydrogens (tertiary/aromatic N) is 1. The van der Waals surface area contributed by atoms with Gasteiger partial charge in [0, 0.05) is 25.1 Å². The van der Waals surface area contributed by atoms with E-state index in [1.54, 1.807) is 12.4 Å². The van der Waals surface area contributed by atoms with Crippen molar-refractivity contribution >= 4 is 5.69 Å². The van der Waals surface area contributed by atoms with Crippen LogP contribution in [0.1, 0.15) is 5.56 Å². The molecule has 1 N–H and O–H groups in total. The zero-order chi connectivity index (χ0) is 6.69. The topological polar surface area (TPSA) is 24.9 Å². The lowest BCUT2D eigenvalue weighted by atomic mass is 10.3. The molecule has 47 valence electrons. The maximum atomic E-state index is 3.89. The smallest absolute Gasteiger partial charge is 0.0401 e. The normalized spacial score (nSPS) is 9.11. The minimum atomic E-state index is 0.931. The Hall–Kier alpha value is -1.05. The molecule has 0 aliphatic carbocycles. The molecule has 1 aromatic rings. The Morgan fingerprint density at radius 1 is 1.67 bits per heavy atom. The average Bonchev–Trinajstić information content (AvgIpc) is 1.89. The Labute approximate surface area is 54.9 Å². The van der Waals surface area contributed by atoms with Crippen molar-refractivity contribution in [2.45, 2.75) is 0 Å². The van der Waals surface area contributed by atoms with E-state index >= 15 is 0 Å². The van der Waals surface area contributed by atoms with Gasteiger partial charge in [-0.25, -0.2) is 0 Å². The quantitative estimate of drug-likeness (QED) is 0.605. The van der Waals surface area contributed by atoms with Gasteiger partial charge in [-0.05, 0) is 18.6 Å². The molecule has 0 spiro atoms. The van der Waals surface area contributed by atoms with Gasteiger partial charge in [0.05, 0.1) is 0 Å². The van der Waals surface area contributed by atoms with Gasteiger partial charge in [-0.15, -0.1) is 0 Å². The monoisotopic (exact) mass is 121 g/mol. The van der Waals surface area contributed by atoms with Crippen molar-refractivity contribution in [1.82, 2.24) is 4.98 Å². The Bertz CT molecular complexity index is 196. The van der Waals surface area contributed by atoms with Crippen molar-refractivity contribution in [3.8, 4) is 0 Å². The van der Waals surface area contributed by atoms with Crippen LogP contribution >= 0.6 is 0 Å². The molecule has 0 unspecified atom stereocenters. The van der Waals surface area contributed by atoms with E-state index in [1.807, 2.05) is 13.1 Å². The average molecular weight is 121 g/mol. The van der Waals surface area contributed by atoms with E-state index in [0.717, 1.165) is 11.3 Å². The summed E-state index contributed by atoms with van der Waals surface area (Å²) < 4.78 is 0. The molecule has 0 fully saturated rings. The van der Waals surface area contributed by atoms with Crippen LogP contribution in [-0.4, -0.2) is 12.0 Å². The summed E-state index contributed by atoms with van der Waals surface area (Å²) in [5.41, 5.74) is 1.96. The molecule has 9 heavy (non-hydrogen) atoms. The lowest BCUT2D eigenvalue weighted by molar-refractivity contribution is 1.29. The van der Waals surface area contributed by atoms with Crippen LogP contribution < -0.4 is 5.32 Å². The lowest BCUT2D eigenvalue weighted by Gasteiger charge is -2.00. The summed E-state index contributed by atoms with van der Waals surface area (Å²) in [6.07, 6.45) is 3.46. The van der Waals surface area contributed by atoms with Crippen LogP contribution in [0, 0.1) is 6.92 Å². The summed E-state index contributed by atoms with van der Waals surface area (Å²) in [5.74, 6) is 0. The van der Waals surface area contributed by atoms with Gasteiger partial charge in [0.25, 0.3) is 0 Å². The molecule has 0 aliphatic heterocycles. The Kier molecular flexibility index (Phi) is 1.68. The van der Waals surface area contributed by atoms with E-state index in [4.69, 9.17) is 0 Å². The molecule has 0 saturated heterocycles. The third-order valence-corrected chi connectivity index (χ3v) is 1.17. The van der Waals surface area contributed by atoms with E-state index in [9.17, 15) is 0 Å². The van der Waals surface area contributed by atoms with Gasteiger partial charge in [-0.1, -0.05) is 0 Å². The van der Waals surface area contributed by atoms with Gasteiger partial charge in [-0.3, -0.25) is 4.98 Å². The molecule has 0 atom stereocenters. The van der Waals surface area contributed by atoms with Crippen molar-refractivity contribution in [3.63, 3.8) is 0 Å². The van der Waals surface area contributed by atoms with Crippen LogP contribution in [-0.2, 0) is 0 Å². The molecule has 2 nitrogen and oxygen atoms in total. The summed E-state index contributed by atoms with van der Waals surface area (Å²) >= 11 is 0. The molecule has 0 aromatic carbocycles. The van der Waals surface area contributed by atoms with E-state index in [-0.39, 0.29) is 0 Å². The Morgan fingerprint density at radius 2 is 2.44 bits per heavy atom. The van der Waals surface area contributed by atoms with Crippen LogP contribution in [0.25, 0.3) is 0 Å². The van der Waals surface area contributed by atoms with Crippen LogP contribution in [0.5, 0.6) is 0 Å². The molecule has 2 heteroatoms. The predicted molar refractivity (Wildman–Crippen MR) is 38.2 cm³/mol. The second-order valence-corrected chi connectivity index (χ2v) is 1.78. The first-order valence-corrected chi connectivity index (χ1v) is 2.78. The Morgan fingerprint density at radius 3 is 2.89 bits per heavy atom. The highest BCUT2D eigenvalue weighted by Gasteiger charge is 1.89. The molecule has 0 amide bonds. The second-order valence-electron chi connectivity index (χ2n) is 1.78. The third kappa shape index (κ3) is 1.19. The van der Waals surface area contributed by atoms with E-state index in [0.29, 0.717) is 0 Å². The maximum absolute atomic E-state index is 3.89. The maximum Gasteiger partial charge on any atom is 0.0401 e. The van der Waals surface area contributed by atoms with Crippen LogP contribution in [0.3, 0.4) is 0 Å². The number of nitrogens with one attached hydrogen (secondary N) is 1. The third-order valence-electron chi connectivity index (χ3n) is 1.17. The van der Waals surface area contributed by atoms with E-state index in [1.165, 1.54) is 0 Å². The first-order valence-electron chi connectivity index (χ1n) is 2.78. The molecule has 1 heterocycles. The zero-order valence-electron chi connectivity index (χ0n) is 5.39. The summed E-state index contributed by atoms with van der Waals surface area (Å²) in [5, 5.41) is 2.99. The summed E-state index contributed by atoms with van der Waals surface area (Å²) in [6.45, 7) is 3.77. The Balaban J connectivity index is 3.01. The van der Waals surface area contributed by atoms with Gasteiger partial charge in [0.15, 0.2) is 0 Å². The summed E-state index contributed by atoms with van der Waals surface area (Å²) in [6, 6.07) is 1.89. The van der Waals surface area contributed by atoms with Crippen molar-refractivity contribution in [3.05, 3.63) is 30.9 Å². The summed E-state index contributed by atoms with van der Waals surface area (Å²) in [7, 11) is 1.87. The standard InChI is InChI=1S/C7H9N2/c1-6-5-9-4-3-7(6)8-2/h3-5H,1H2,2H3,(H,8,9). The molecular weight excluding hydrogens is 112 g/mol. The fraction of sp³-hybridized carbons (Fsp3) is 0.143. The number of hydrogen-bond acceptors (Lipinski definition) is 2. The molecular formula is C7H9N2. The number of anilines is 1. The highest BCUT2D eigenvalue weighted by molar-refractivity contribution is 5.50. The van der Waals surface area contributed by atoms with Crippen LogP contribution in [0.2, 0.25) is 0 Å². The highest BCUT2D eigenvalue weighted by Crippen LogP contribution is 2.08. The van der Waals surface area contributed by atoms with Gasteiger partial charge in [0.2, 0.25) is 0 Å². The van der Waals surface area contributed by atoms with Gasteiger partial charge in [0.1, 0.15) is 0 Å². The molecule has 0 aliphatic rings. The number of hydrogen-bond donors (Lipinski definition) is 1. The summed E-state index contributed by atoms with van der Waals surface area (Å²) in [4.78, 5) is 3.89. The number of rotatable bonds is 1. The van der Waals surface area contributed by atoms with Crippen molar-refractivity contribution in [2.75, 3.05) is 12.4 Å². The number of aromatic nitrogens is 1. The highest BCUT2D eigenvalue weighted by atomic mass is 14.8. The SMILES string of the molecule is [CH2]c1cnccc1NC. The number of pyridine rings is 1. The second kappa shape index (κ2) is 2.49. The van der Waals surface area contributed by atoms with Crippen molar-refractivity contribution in [2.24, 2.45) is 0 Å². The first kappa shape index (κ1) is 6.08. The molecule has 0 bridgehead atoms. The van der Waals surface area contributed by atoms with E-state index in [2.05, 4.69) is 17.2 Å². The molecule has 1 aromatic heterocycles. The minimum absolute atomic E-state index is 0.931. The molecule has 0 saturated carbocycles. The van der Waals surface area contributed by atoms with Crippen molar-refractivity contribution in [1.29, 1.82) is 0 Å². The molecule has 1 rings (SSSR count). The van der Waals surface area contributed by atoms with Crippen LogP contribution in [0.15, 0.2) is 18.5 Å². The van der Waals surface area contributed by atoms with Gasteiger partial charge < -0.3 is 5.32 Å². The van der Waals surface area contributed by atoms with Gasteiger partial charge >= 0.3 is 0 Å². The van der Waals surface area contributed by atoms with Gasteiger partial charge in [-0.2, -0.15) is 0 Å². The largest absolute Gasteiger partial charge is 0.388 e. The molecule has 1 radical (unpaired) electrons. The zero-order valence-corrected chi connectivity index (χ0v) is 5.39. The predicted octanol–water partition coefficient (Wildman–Crippen LogP) is 1.31. The van der Waals surface area contributed by atoms with Crippen molar-refractivity contribution < 1.29 is 0 Å².